The van der Waals surface area contributed by atoms with Gasteiger partial charge in [0, 0.05) is 22.1 Å². The first kappa shape index (κ1) is 9.94. The molecule has 1 aromatic carbocycles. The minimum absolute atomic E-state index is 0.0216. The number of hydrogen-bond acceptors (Lipinski definition) is 2. The van der Waals surface area contributed by atoms with Crippen molar-refractivity contribution >= 4 is 26.8 Å². The summed E-state index contributed by atoms with van der Waals surface area (Å²) in [6.45, 7) is 0.243. The van der Waals surface area contributed by atoms with Crippen molar-refractivity contribution in [2.75, 3.05) is 0 Å². The second-order valence-electron chi connectivity index (χ2n) is 3.13. The van der Waals surface area contributed by atoms with Gasteiger partial charge in [-0.25, -0.2) is 0 Å². The van der Waals surface area contributed by atoms with Gasteiger partial charge in [0.2, 0.25) is 0 Å². The van der Waals surface area contributed by atoms with E-state index in [0.717, 1.165) is 9.99 Å². The molecule has 2 rings (SSSR count). The van der Waals surface area contributed by atoms with Crippen molar-refractivity contribution < 1.29 is 0 Å². The first-order chi connectivity index (χ1) is 7.22. The number of pyridine rings is 1. The van der Waals surface area contributed by atoms with Crippen LogP contribution in [0, 0.1) is 11.3 Å². The van der Waals surface area contributed by atoms with Crippen molar-refractivity contribution in [1.82, 2.24) is 4.57 Å². The summed E-state index contributed by atoms with van der Waals surface area (Å²) in [5, 5.41) is 9.29. The monoisotopic (exact) mass is 262 g/mol. The van der Waals surface area contributed by atoms with Crippen LogP contribution in [0.25, 0.3) is 10.9 Å². The van der Waals surface area contributed by atoms with E-state index < -0.39 is 0 Å². The minimum Gasteiger partial charge on any atom is -0.333 e. The fourth-order valence-corrected chi connectivity index (χ4v) is 1.84. The fourth-order valence-electron chi connectivity index (χ4n) is 1.49. The van der Waals surface area contributed by atoms with Crippen molar-refractivity contribution in [3.05, 3.63) is 45.2 Å². The Balaban J connectivity index is 2.85. The molecular formula is C11H7BrN2O. The molecule has 0 fully saturated rings. The van der Waals surface area contributed by atoms with Gasteiger partial charge in [-0.05, 0) is 18.2 Å². The van der Waals surface area contributed by atoms with E-state index in [2.05, 4.69) is 22.0 Å². The van der Waals surface area contributed by atoms with Gasteiger partial charge in [0.15, 0.2) is 5.43 Å². The molecule has 1 aromatic heterocycles. The van der Waals surface area contributed by atoms with Gasteiger partial charge >= 0.3 is 0 Å². The molecule has 15 heavy (non-hydrogen) atoms. The van der Waals surface area contributed by atoms with Gasteiger partial charge in [0.25, 0.3) is 0 Å². The van der Waals surface area contributed by atoms with E-state index in [0.29, 0.717) is 5.39 Å². The predicted octanol–water partition coefficient (Wildman–Crippen LogP) is 2.29. The molecule has 0 aliphatic carbocycles. The minimum atomic E-state index is -0.0216. The molecule has 0 amide bonds. The lowest BCUT2D eigenvalue weighted by molar-refractivity contribution is 0.861. The highest BCUT2D eigenvalue weighted by molar-refractivity contribution is 9.10. The Hall–Kier alpha value is -1.60. The standard InChI is InChI=1S/C11H7BrN2O/c12-8-1-2-9-10(7-8)14(6-4-13)5-3-11(9)15/h1-3,5,7H,6H2. The first-order valence-corrected chi connectivity index (χ1v) is 5.17. The third-order valence-corrected chi connectivity index (χ3v) is 2.67. The third-order valence-electron chi connectivity index (χ3n) is 2.18. The zero-order valence-corrected chi connectivity index (χ0v) is 9.36. The Morgan fingerprint density at radius 1 is 1.40 bits per heavy atom. The normalized spacial score (nSPS) is 10.1. The number of nitriles is 1. The largest absolute Gasteiger partial charge is 0.333 e. The van der Waals surface area contributed by atoms with Crippen LogP contribution in [0.15, 0.2) is 39.7 Å². The van der Waals surface area contributed by atoms with Crippen molar-refractivity contribution in [3.63, 3.8) is 0 Å². The maximum Gasteiger partial charge on any atom is 0.189 e. The van der Waals surface area contributed by atoms with Gasteiger partial charge in [-0.2, -0.15) is 5.26 Å². The van der Waals surface area contributed by atoms with Crippen LogP contribution in [0.1, 0.15) is 0 Å². The summed E-state index contributed by atoms with van der Waals surface area (Å²) >= 11 is 3.34. The second kappa shape index (κ2) is 3.87. The van der Waals surface area contributed by atoms with Crippen molar-refractivity contribution in [2.45, 2.75) is 6.54 Å². The highest BCUT2D eigenvalue weighted by Gasteiger charge is 2.02. The van der Waals surface area contributed by atoms with Crippen molar-refractivity contribution in [2.24, 2.45) is 0 Å². The lowest BCUT2D eigenvalue weighted by atomic mass is 10.2. The molecule has 1 heterocycles. The molecule has 0 radical (unpaired) electrons. The van der Waals surface area contributed by atoms with Gasteiger partial charge < -0.3 is 4.57 Å². The van der Waals surface area contributed by atoms with Crippen LogP contribution in [0.5, 0.6) is 0 Å². The SMILES string of the molecule is N#CCn1ccc(=O)c2ccc(Br)cc21. The molecule has 0 bridgehead atoms. The van der Waals surface area contributed by atoms with E-state index in [-0.39, 0.29) is 12.0 Å². The zero-order chi connectivity index (χ0) is 10.8. The molecule has 0 unspecified atom stereocenters. The van der Waals surface area contributed by atoms with Crippen LogP contribution >= 0.6 is 15.9 Å². The molecule has 3 nitrogen and oxygen atoms in total. The molecule has 0 aliphatic heterocycles. The summed E-state index contributed by atoms with van der Waals surface area (Å²) in [6, 6.07) is 8.96. The van der Waals surface area contributed by atoms with Crippen LogP contribution in [-0.2, 0) is 6.54 Å². The van der Waals surface area contributed by atoms with Crippen LogP contribution in [-0.4, -0.2) is 4.57 Å². The summed E-state index contributed by atoms with van der Waals surface area (Å²) in [4.78, 5) is 11.5. The maximum absolute atomic E-state index is 11.5. The molecule has 0 saturated heterocycles. The summed E-state index contributed by atoms with van der Waals surface area (Å²) in [5.41, 5.74) is 0.755. The van der Waals surface area contributed by atoms with E-state index in [4.69, 9.17) is 5.26 Å². The van der Waals surface area contributed by atoms with Crippen LogP contribution in [0.4, 0.5) is 0 Å². The van der Waals surface area contributed by atoms with E-state index >= 15 is 0 Å². The van der Waals surface area contributed by atoms with Gasteiger partial charge in [0.1, 0.15) is 6.54 Å². The number of hydrogen-bond donors (Lipinski definition) is 0. The zero-order valence-electron chi connectivity index (χ0n) is 7.77. The molecule has 0 spiro atoms. The number of benzene rings is 1. The first-order valence-electron chi connectivity index (χ1n) is 4.38. The predicted molar refractivity (Wildman–Crippen MR) is 61.5 cm³/mol. The summed E-state index contributed by atoms with van der Waals surface area (Å²) in [6.07, 6.45) is 1.64. The Labute approximate surface area is 94.7 Å². The molecule has 74 valence electrons. The van der Waals surface area contributed by atoms with Crippen molar-refractivity contribution in [3.8, 4) is 6.07 Å². The Bertz CT molecular complexity index is 610. The number of fused-ring (bicyclic) bond motifs is 1. The summed E-state index contributed by atoms with van der Waals surface area (Å²) in [7, 11) is 0. The molecule has 0 atom stereocenters. The number of rotatable bonds is 1. The average molecular weight is 263 g/mol. The highest BCUT2D eigenvalue weighted by atomic mass is 79.9. The van der Waals surface area contributed by atoms with Crippen LogP contribution in [0.3, 0.4) is 0 Å². The number of halogens is 1. The number of nitrogens with zero attached hydrogens (tertiary/aromatic N) is 2. The van der Waals surface area contributed by atoms with Gasteiger partial charge in [-0.15, -0.1) is 0 Å². The molecule has 2 aromatic rings. The van der Waals surface area contributed by atoms with Crippen LogP contribution < -0.4 is 5.43 Å². The summed E-state index contributed by atoms with van der Waals surface area (Å²) < 4.78 is 2.65. The lowest BCUT2D eigenvalue weighted by Gasteiger charge is -2.06. The number of aromatic nitrogens is 1. The van der Waals surface area contributed by atoms with Crippen LogP contribution in [0.2, 0.25) is 0 Å². The van der Waals surface area contributed by atoms with E-state index in [1.54, 1.807) is 16.8 Å². The van der Waals surface area contributed by atoms with Gasteiger partial charge in [-0.1, -0.05) is 15.9 Å². The summed E-state index contributed by atoms with van der Waals surface area (Å²) in [5.74, 6) is 0. The molecule has 0 aliphatic rings. The molecule has 4 heteroatoms. The van der Waals surface area contributed by atoms with Crippen molar-refractivity contribution in [1.29, 1.82) is 5.26 Å². The fraction of sp³-hybridized carbons (Fsp3) is 0.0909. The Morgan fingerprint density at radius 2 is 2.20 bits per heavy atom. The maximum atomic E-state index is 11.5. The van der Waals surface area contributed by atoms with Gasteiger partial charge in [-0.3, -0.25) is 4.79 Å². The lowest BCUT2D eigenvalue weighted by Crippen LogP contribution is -2.07. The second-order valence-corrected chi connectivity index (χ2v) is 4.04. The third kappa shape index (κ3) is 1.79. The quantitative estimate of drug-likeness (QED) is 0.792. The molecule has 0 N–H and O–H groups in total. The van der Waals surface area contributed by atoms with E-state index in [1.165, 1.54) is 6.07 Å². The molecular weight excluding hydrogens is 256 g/mol. The topological polar surface area (TPSA) is 45.8 Å². The highest BCUT2D eigenvalue weighted by Crippen LogP contribution is 2.16. The Kier molecular flexibility index (Phi) is 2.57. The molecule has 0 saturated carbocycles. The van der Waals surface area contributed by atoms with E-state index in [1.807, 2.05) is 12.1 Å². The Morgan fingerprint density at radius 3 is 2.93 bits per heavy atom. The van der Waals surface area contributed by atoms with Gasteiger partial charge in [0.05, 0.1) is 11.6 Å². The average Bonchev–Trinajstić information content (AvgIpc) is 2.22. The smallest absolute Gasteiger partial charge is 0.189 e. The van der Waals surface area contributed by atoms with E-state index in [9.17, 15) is 4.79 Å².